The lowest BCUT2D eigenvalue weighted by Crippen LogP contribution is -2.23. The third-order valence-corrected chi connectivity index (χ3v) is 5.02. The first-order valence-electron chi connectivity index (χ1n) is 6.40. The van der Waals surface area contributed by atoms with Crippen molar-refractivity contribution in [2.24, 2.45) is 0 Å². The highest BCUT2D eigenvalue weighted by atomic mass is 35.5. The first kappa shape index (κ1) is 15.8. The number of nitrogen functional groups attached to an aromatic ring is 1. The minimum absolute atomic E-state index is 0.0000743. The van der Waals surface area contributed by atoms with Crippen LogP contribution in [-0.4, -0.2) is 8.42 Å². The predicted octanol–water partition coefficient (Wildman–Crippen LogP) is 3.02. The highest BCUT2D eigenvalue weighted by Gasteiger charge is 2.19. The zero-order valence-electron chi connectivity index (χ0n) is 11.9. The minimum Gasteiger partial charge on any atom is -0.398 e. The second kappa shape index (κ2) is 6.05. The van der Waals surface area contributed by atoms with Gasteiger partial charge < -0.3 is 5.73 Å². The van der Waals surface area contributed by atoms with Crippen molar-refractivity contribution in [1.82, 2.24) is 4.72 Å². The van der Waals surface area contributed by atoms with Crippen LogP contribution in [0.2, 0.25) is 5.02 Å². The van der Waals surface area contributed by atoms with Crippen molar-refractivity contribution in [3.63, 3.8) is 0 Å². The lowest BCUT2D eigenvalue weighted by Gasteiger charge is -2.11. The topological polar surface area (TPSA) is 72.2 Å². The third kappa shape index (κ3) is 3.75. The second-order valence-electron chi connectivity index (χ2n) is 4.95. The quantitative estimate of drug-likeness (QED) is 0.849. The van der Waals surface area contributed by atoms with Crippen LogP contribution in [0.3, 0.4) is 0 Å². The second-order valence-corrected chi connectivity index (χ2v) is 7.10. The summed E-state index contributed by atoms with van der Waals surface area (Å²) in [6, 6.07) is 10.6. The summed E-state index contributed by atoms with van der Waals surface area (Å²) in [5.74, 6) is 0. The van der Waals surface area contributed by atoms with Gasteiger partial charge in [0.25, 0.3) is 0 Å². The van der Waals surface area contributed by atoms with Gasteiger partial charge in [-0.15, -0.1) is 0 Å². The molecule has 2 rings (SSSR count). The summed E-state index contributed by atoms with van der Waals surface area (Å²) in [7, 11) is -3.70. The number of benzene rings is 2. The SMILES string of the molecule is Cc1cccc(CNS(=O)(=O)c2cc(N)c(C)cc2Cl)c1. The Labute approximate surface area is 130 Å². The van der Waals surface area contributed by atoms with Crippen molar-refractivity contribution in [1.29, 1.82) is 0 Å². The van der Waals surface area contributed by atoms with Gasteiger partial charge in [-0.1, -0.05) is 41.4 Å². The smallest absolute Gasteiger partial charge is 0.242 e. The molecule has 0 amide bonds. The highest BCUT2D eigenvalue weighted by Crippen LogP contribution is 2.26. The average Bonchev–Trinajstić information content (AvgIpc) is 2.41. The molecule has 2 aromatic carbocycles. The van der Waals surface area contributed by atoms with E-state index in [9.17, 15) is 8.42 Å². The lowest BCUT2D eigenvalue weighted by atomic mass is 10.1. The zero-order valence-corrected chi connectivity index (χ0v) is 13.4. The number of nitrogens with one attached hydrogen (secondary N) is 1. The summed E-state index contributed by atoms with van der Waals surface area (Å²) in [4.78, 5) is -0.0000743. The summed E-state index contributed by atoms with van der Waals surface area (Å²) < 4.78 is 27.2. The zero-order chi connectivity index (χ0) is 15.6. The van der Waals surface area contributed by atoms with Gasteiger partial charge in [0.15, 0.2) is 0 Å². The van der Waals surface area contributed by atoms with Crippen LogP contribution in [-0.2, 0) is 16.6 Å². The molecule has 21 heavy (non-hydrogen) atoms. The van der Waals surface area contributed by atoms with Gasteiger partial charge in [0.05, 0.1) is 5.02 Å². The maximum atomic E-state index is 12.3. The number of hydrogen-bond acceptors (Lipinski definition) is 3. The molecular formula is C15H17ClN2O2S. The van der Waals surface area contributed by atoms with Crippen molar-refractivity contribution in [2.45, 2.75) is 25.3 Å². The van der Waals surface area contributed by atoms with Crippen molar-refractivity contribution >= 4 is 27.3 Å². The van der Waals surface area contributed by atoms with Crippen LogP contribution in [0.1, 0.15) is 16.7 Å². The van der Waals surface area contributed by atoms with Crippen molar-refractivity contribution in [3.8, 4) is 0 Å². The first-order chi connectivity index (χ1) is 9.79. The Balaban J connectivity index is 2.25. The van der Waals surface area contributed by atoms with Crippen LogP contribution in [0.25, 0.3) is 0 Å². The number of hydrogen-bond donors (Lipinski definition) is 2. The van der Waals surface area contributed by atoms with Gasteiger partial charge in [-0.25, -0.2) is 13.1 Å². The van der Waals surface area contributed by atoms with Crippen molar-refractivity contribution < 1.29 is 8.42 Å². The Morgan fingerprint density at radius 2 is 1.90 bits per heavy atom. The monoisotopic (exact) mass is 324 g/mol. The number of halogens is 1. The fourth-order valence-corrected chi connectivity index (χ4v) is 3.59. The van der Waals surface area contributed by atoms with Gasteiger partial charge in [-0.2, -0.15) is 0 Å². The molecule has 0 radical (unpaired) electrons. The van der Waals surface area contributed by atoms with E-state index >= 15 is 0 Å². The Morgan fingerprint density at radius 3 is 2.57 bits per heavy atom. The number of nitrogens with two attached hydrogens (primary N) is 1. The van der Waals surface area contributed by atoms with E-state index in [0.29, 0.717) is 5.69 Å². The van der Waals surface area contributed by atoms with Gasteiger partial charge >= 0.3 is 0 Å². The van der Waals surface area contributed by atoms with Gasteiger partial charge in [-0.3, -0.25) is 0 Å². The molecule has 0 aliphatic heterocycles. The minimum atomic E-state index is -3.70. The molecule has 0 heterocycles. The number of aryl methyl sites for hydroxylation is 2. The average molecular weight is 325 g/mol. The molecule has 0 saturated carbocycles. The molecule has 0 aromatic heterocycles. The summed E-state index contributed by atoms with van der Waals surface area (Å²) in [6.45, 7) is 3.93. The van der Waals surface area contributed by atoms with E-state index in [-0.39, 0.29) is 16.5 Å². The molecule has 0 spiro atoms. The van der Waals surface area contributed by atoms with E-state index in [0.717, 1.165) is 16.7 Å². The van der Waals surface area contributed by atoms with E-state index in [4.69, 9.17) is 17.3 Å². The van der Waals surface area contributed by atoms with Gasteiger partial charge in [0, 0.05) is 12.2 Å². The van der Waals surface area contributed by atoms with E-state index in [2.05, 4.69) is 4.72 Å². The van der Waals surface area contributed by atoms with Gasteiger partial charge in [-0.05, 0) is 37.1 Å². The largest absolute Gasteiger partial charge is 0.398 e. The maximum absolute atomic E-state index is 12.3. The van der Waals surface area contributed by atoms with Gasteiger partial charge in [0.2, 0.25) is 10.0 Å². The van der Waals surface area contributed by atoms with E-state index in [1.54, 1.807) is 13.0 Å². The Hall–Kier alpha value is -1.56. The summed E-state index contributed by atoms with van der Waals surface area (Å²) in [5.41, 5.74) is 8.87. The summed E-state index contributed by atoms with van der Waals surface area (Å²) in [5, 5.41) is 0.165. The molecule has 0 atom stereocenters. The molecule has 0 unspecified atom stereocenters. The van der Waals surface area contributed by atoms with Crippen LogP contribution < -0.4 is 10.5 Å². The summed E-state index contributed by atoms with van der Waals surface area (Å²) >= 11 is 6.02. The number of sulfonamides is 1. The molecule has 4 nitrogen and oxygen atoms in total. The normalized spacial score (nSPS) is 11.6. The van der Waals surface area contributed by atoms with Crippen LogP contribution >= 0.6 is 11.6 Å². The molecule has 0 saturated heterocycles. The van der Waals surface area contributed by atoms with Crippen molar-refractivity contribution in [2.75, 3.05) is 5.73 Å². The van der Waals surface area contributed by atoms with E-state index in [1.807, 2.05) is 31.2 Å². The Bertz CT molecular complexity index is 773. The molecule has 112 valence electrons. The molecule has 2 aromatic rings. The standard InChI is InChI=1S/C15H17ClN2O2S/c1-10-4-3-5-12(6-10)9-18-21(19,20)15-8-14(17)11(2)7-13(15)16/h3-8,18H,9,17H2,1-2H3. The van der Waals surface area contributed by atoms with E-state index < -0.39 is 10.0 Å². The van der Waals surface area contributed by atoms with Gasteiger partial charge in [0.1, 0.15) is 4.90 Å². The Kier molecular flexibility index (Phi) is 4.56. The molecule has 0 aliphatic carbocycles. The molecule has 3 N–H and O–H groups in total. The highest BCUT2D eigenvalue weighted by molar-refractivity contribution is 7.89. The van der Waals surface area contributed by atoms with Crippen LogP contribution in [0, 0.1) is 13.8 Å². The Morgan fingerprint density at radius 1 is 1.19 bits per heavy atom. The van der Waals surface area contributed by atoms with Crippen LogP contribution in [0.5, 0.6) is 0 Å². The summed E-state index contributed by atoms with van der Waals surface area (Å²) in [6.07, 6.45) is 0. The molecule has 0 fully saturated rings. The van der Waals surface area contributed by atoms with Crippen LogP contribution in [0.15, 0.2) is 41.3 Å². The van der Waals surface area contributed by atoms with Crippen LogP contribution in [0.4, 0.5) is 5.69 Å². The number of rotatable bonds is 4. The van der Waals surface area contributed by atoms with E-state index in [1.165, 1.54) is 6.07 Å². The fraction of sp³-hybridized carbons (Fsp3) is 0.200. The third-order valence-electron chi connectivity index (χ3n) is 3.16. The lowest BCUT2D eigenvalue weighted by molar-refractivity contribution is 0.581. The maximum Gasteiger partial charge on any atom is 0.242 e. The number of anilines is 1. The predicted molar refractivity (Wildman–Crippen MR) is 85.8 cm³/mol. The van der Waals surface area contributed by atoms with Crippen molar-refractivity contribution in [3.05, 3.63) is 58.1 Å². The first-order valence-corrected chi connectivity index (χ1v) is 8.26. The molecular weight excluding hydrogens is 308 g/mol. The molecule has 0 aliphatic rings. The fourth-order valence-electron chi connectivity index (χ4n) is 1.95. The molecule has 6 heteroatoms. The molecule has 0 bridgehead atoms.